The van der Waals surface area contributed by atoms with E-state index >= 15 is 0 Å². The molecule has 3 aliphatic heterocycles. The predicted octanol–water partition coefficient (Wildman–Crippen LogP) is 4.07. The van der Waals surface area contributed by atoms with Gasteiger partial charge in [-0.05, 0) is 72.3 Å². The number of rotatable bonds is 5. The van der Waals surface area contributed by atoms with Crippen molar-refractivity contribution in [2.45, 2.75) is 31.3 Å². The van der Waals surface area contributed by atoms with Crippen molar-refractivity contribution in [3.8, 4) is 0 Å². The molecule has 2 atom stereocenters. The monoisotopic (exact) mass is 397 g/mol. The van der Waals surface area contributed by atoms with Crippen molar-refractivity contribution in [2.24, 2.45) is 5.92 Å². The molecular formula is C26H27N3O. The van der Waals surface area contributed by atoms with Gasteiger partial charge in [0.2, 0.25) is 5.91 Å². The van der Waals surface area contributed by atoms with Gasteiger partial charge in [0, 0.05) is 30.6 Å². The maximum atomic E-state index is 12.9. The van der Waals surface area contributed by atoms with Gasteiger partial charge in [-0.3, -0.25) is 14.7 Å². The van der Waals surface area contributed by atoms with Crippen LogP contribution in [0.4, 0.5) is 0 Å². The van der Waals surface area contributed by atoms with Gasteiger partial charge in [0.05, 0.1) is 0 Å². The maximum Gasteiger partial charge on any atom is 0.244 e. The van der Waals surface area contributed by atoms with E-state index in [0.29, 0.717) is 12.0 Å². The van der Waals surface area contributed by atoms with Crippen molar-refractivity contribution in [3.05, 3.63) is 84.2 Å². The van der Waals surface area contributed by atoms with E-state index in [-0.39, 0.29) is 11.9 Å². The van der Waals surface area contributed by atoms with Gasteiger partial charge in [-0.1, -0.05) is 48.5 Å². The molecule has 2 bridgehead atoms. The summed E-state index contributed by atoms with van der Waals surface area (Å²) in [6.45, 7) is 2.27. The fourth-order valence-electron chi connectivity index (χ4n) is 5.16. The summed E-state index contributed by atoms with van der Waals surface area (Å²) in [5.74, 6) is 0.560. The molecule has 1 N–H and O–H groups in total. The molecular weight excluding hydrogens is 370 g/mol. The van der Waals surface area contributed by atoms with E-state index in [4.69, 9.17) is 0 Å². The Kier molecular flexibility index (Phi) is 5.33. The zero-order valence-corrected chi connectivity index (χ0v) is 17.1. The second kappa shape index (κ2) is 8.41. The number of carbonyl (C=O) groups excluding carboxylic acids is 1. The van der Waals surface area contributed by atoms with Crippen LogP contribution in [0.25, 0.3) is 16.8 Å². The van der Waals surface area contributed by atoms with Crippen molar-refractivity contribution >= 4 is 22.8 Å². The number of hydrogen-bond acceptors (Lipinski definition) is 3. The van der Waals surface area contributed by atoms with Gasteiger partial charge >= 0.3 is 0 Å². The molecule has 30 heavy (non-hydrogen) atoms. The highest BCUT2D eigenvalue weighted by Crippen LogP contribution is 2.34. The van der Waals surface area contributed by atoms with Crippen LogP contribution in [0.1, 0.15) is 24.0 Å². The Morgan fingerprint density at radius 3 is 2.73 bits per heavy atom. The molecule has 0 aliphatic carbocycles. The molecule has 0 spiro atoms. The summed E-state index contributed by atoms with van der Waals surface area (Å²) >= 11 is 0. The number of nitrogens with zero attached hydrogens (tertiary/aromatic N) is 2. The first-order valence-corrected chi connectivity index (χ1v) is 10.9. The van der Waals surface area contributed by atoms with Crippen LogP contribution in [-0.4, -0.2) is 41.0 Å². The summed E-state index contributed by atoms with van der Waals surface area (Å²) in [5.41, 5.74) is 2.31. The molecule has 1 aromatic heterocycles. The Bertz CT molecular complexity index is 1050. The maximum absolute atomic E-state index is 12.9. The molecule has 4 heteroatoms. The average Bonchev–Trinajstić information content (AvgIpc) is 2.80. The Morgan fingerprint density at radius 2 is 1.90 bits per heavy atom. The van der Waals surface area contributed by atoms with Crippen LogP contribution in [0.3, 0.4) is 0 Å². The minimum atomic E-state index is -0.00197. The summed E-state index contributed by atoms with van der Waals surface area (Å²) in [7, 11) is 0. The van der Waals surface area contributed by atoms with Crippen LogP contribution in [0.5, 0.6) is 0 Å². The van der Waals surface area contributed by atoms with Crippen LogP contribution < -0.4 is 5.32 Å². The van der Waals surface area contributed by atoms with Crippen molar-refractivity contribution in [3.63, 3.8) is 0 Å². The SMILES string of the molecule is O=C(/C=C/c1cccc2ccccc12)N[C@@H]1C2CCN(CC2)[C@@H]1Cc1cccnc1. The number of amides is 1. The predicted molar refractivity (Wildman–Crippen MR) is 121 cm³/mol. The zero-order chi connectivity index (χ0) is 20.3. The van der Waals surface area contributed by atoms with E-state index in [1.807, 2.05) is 42.7 Å². The lowest BCUT2D eigenvalue weighted by Crippen LogP contribution is -2.64. The van der Waals surface area contributed by atoms with E-state index in [1.165, 1.54) is 29.2 Å². The van der Waals surface area contributed by atoms with Gasteiger partial charge in [-0.25, -0.2) is 0 Å². The first-order valence-electron chi connectivity index (χ1n) is 10.9. The number of nitrogens with one attached hydrogen (secondary N) is 1. The lowest BCUT2D eigenvalue weighted by atomic mass is 9.77. The van der Waals surface area contributed by atoms with Crippen LogP contribution in [-0.2, 0) is 11.2 Å². The Balaban J connectivity index is 1.32. The van der Waals surface area contributed by atoms with E-state index in [1.54, 1.807) is 6.08 Å². The molecule has 0 saturated carbocycles. The molecule has 4 nitrogen and oxygen atoms in total. The second-order valence-electron chi connectivity index (χ2n) is 8.44. The standard InChI is InChI=1S/C26H27N3O/c30-25(11-10-21-8-3-7-20-6-1-2-9-23(20)21)28-26-22-12-15-29(16-13-22)24(26)17-19-5-4-14-27-18-19/h1-11,14,18,22,24,26H,12-13,15-17H2,(H,28,30)/b11-10+/t24-,26-/m1/s1. The Hall–Kier alpha value is -2.98. The molecule has 0 radical (unpaired) electrons. The quantitative estimate of drug-likeness (QED) is 0.660. The summed E-state index contributed by atoms with van der Waals surface area (Å²) < 4.78 is 0. The largest absolute Gasteiger partial charge is 0.348 e. The van der Waals surface area contributed by atoms with E-state index in [9.17, 15) is 4.79 Å². The summed E-state index contributed by atoms with van der Waals surface area (Å²) in [4.78, 5) is 19.7. The highest BCUT2D eigenvalue weighted by atomic mass is 16.1. The smallest absolute Gasteiger partial charge is 0.244 e. The molecule has 3 aromatic rings. The third-order valence-corrected chi connectivity index (χ3v) is 6.68. The fourth-order valence-corrected chi connectivity index (χ4v) is 5.16. The average molecular weight is 398 g/mol. The van der Waals surface area contributed by atoms with E-state index in [0.717, 1.165) is 25.1 Å². The third-order valence-electron chi connectivity index (χ3n) is 6.68. The minimum absolute atomic E-state index is 0.00197. The van der Waals surface area contributed by atoms with Gasteiger partial charge in [0.25, 0.3) is 0 Å². The van der Waals surface area contributed by atoms with Gasteiger partial charge in [0.15, 0.2) is 0 Å². The lowest BCUT2D eigenvalue weighted by Gasteiger charge is -2.51. The number of piperidine rings is 3. The van der Waals surface area contributed by atoms with Crippen molar-refractivity contribution < 1.29 is 4.79 Å². The lowest BCUT2D eigenvalue weighted by molar-refractivity contribution is -0.119. The van der Waals surface area contributed by atoms with Crippen LogP contribution in [0.2, 0.25) is 0 Å². The van der Waals surface area contributed by atoms with Gasteiger partial charge in [-0.15, -0.1) is 0 Å². The van der Waals surface area contributed by atoms with Gasteiger partial charge in [0.1, 0.15) is 0 Å². The Morgan fingerprint density at radius 1 is 1.07 bits per heavy atom. The fraction of sp³-hybridized carbons (Fsp3) is 0.308. The molecule has 1 amide bonds. The molecule has 3 saturated heterocycles. The van der Waals surface area contributed by atoms with Crippen molar-refractivity contribution in [1.82, 2.24) is 15.2 Å². The molecule has 152 valence electrons. The van der Waals surface area contributed by atoms with Crippen molar-refractivity contribution in [2.75, 3.05) is 13.1 Å². The zero-order valence-electron chi connectivity index (χ0n) is 17.1. The van der Waals surface area contributed by atoms with E-state index in [2.05, 4.69) is 45.5 Å². The van der Waals surface area contributed by atoms with Crippen molar-refractivity contribution in [1.29, 1.82) is 0 Å². The van der Waals surface area contributed by atoms with E-state index < -0.39 is 0 Å². The molecule has 6 rings (SSSR count). The Labute approximate surface area is 177 Å². The molecule has 3 fully saturated rings. The molecule has 0 unspecified atom stereocenters. The third kappa shape index (κ3) is 3.88. The summed E-state index contributed by atoms with van der Waals surface area (Å²) in [6, 6.07) is 19.1. The number of benzene rings is 2. The second-order valence-corrected chi connectivity index (χ2v) is 8.44. The van der Waals surface area contributed by atoms with Gasteiger partial charge < -0.3 is 5.32 Å². The highest BCUT2D eigenvalue weighted by molar-refractivity contribution is 5.96. The molecule has 4 heterocycles. The molecule has 2 aromatic carbocycles. The number of fused-ring (bicyclic) bond motifs is 4. The van der Waals surface area contributed by atoms with Gasteiger partial charge in [-0.2, -0.15) is 0 Å². The van der Waals surface area contributed by atoms with Crippen LogP contribution in [0.15, 0.2) is 73.1 Å². The number of aromatic nitrogens is 1. The summed E-state index contributed by atoms with van der Waals surface area (Å²) in [5, 5.41) is 5.71. The number of hydrogen-bond donors (Lipinski definition) is 1. The molecule has 3 aliphatic rings. The van der Waals surface area contributed by atoms with Crippen LogP contribution in [0, 0.1) is 5.92 Å². The number of carbonyl (C=O) groups is 1. The highest BCUT2D eigenvalue weighted by Gasteiger charge is 2.42. The topological polar surface area (TPSA) is 45.2 Å². The minimum Gasteiger partial charge on any atom is -0.348 e. The van der Waals surface area contributed by atoms with Crippen LogP contribution >= 0.6 is 0 Å². The normalized spacial score (nSPS) is 25.6. The summed E-state index contributed by atoms with van der Waals surface area (Å²) in [6.07, 6.45) is 10.7. The number of pyridine rings is 1. The first-order chi connectivity index (χ1) is 14.8. The first kappa shape index (κ1) is 19.0.